The zero-order valence-electron chi connectivity index (χ0n) is 9.91. The van der Waals surface area contributed by atoms with E-state index in [0.717, 1.165) is 0 Å². The molecule has 1 atom stereocenters. The van der Waals surface area contributed by atoms with Gasteiger partial charge >= 0.3 is 5.97 Å². The quantitative estimate of drug-likeness (QED) is 0.586. The normalized spacial score (nSPS) is 17.6. The van der Waals surface area contributed by atoms with Crippen molar-refractivity contribution < 1.29 is 13.7 Å². The van der Waals surface area contributed by atoms with Crippen LogP contribution < -0.4 is 11.1 Å². The maximum absolute atomic E-state index is 11.6. The van der Waals surface area contributed by atoms with E-state index in [9.17, 15) is 9.00 Å². The second-order valence-electron chi connectivity index (χ2n) is 3.58. The van der Waals surface area contributed by atoms with E-state index in [1.54, 1.807) is 24.3 Å². The Morgan fingerprint density at radius 2 is 2.05 bits per heavy atom. The van der Waals surface area contributed by atoms with E-state index in [-0.39, 0.29) is 18.3 Å². The lowest BCUT2D eigenvalue weighted by Gasteiger charge is -2.06. The van der Waals surface area contributed by atoms with Crippen molar-refractivity contribution in [1.29, 1.82) is 0 Å². The zero-order chi connectivity index (χ0) is 13.7. The monoisotopic (exact) mass is 280 g/mol. The summed E-state index contributed by atoms with van der Waals surface area (Å²) in [5.41, 5.74) is 5.95. The van der Waals surface area contributed by atoms with E-state index in [0.29, 0.717) is 12.1 Å². The number of carbonyl (C=O) groups is 1. The minimum Gasteiger partial charge on any atom is -0.460 e. The molecule has 0 spiro atoms. The van der Waals surface area contributed by atoms with E-state index < -0.39 is 17.1 Å². The summed E-state index contributed by atoms with van der Waals surface area (Å²) in [7, 11) is 0. The van der Waals surface area contributed by atoms with E-state index in [2.05, 4.69) is 14.1 Å². The molecular formula is C11H12N4O3S. The molecule has 100 valence electrons. The number of nitrogens with two attached hydrogens (primary N) is 1. The van der Waals surface area contributed by atoms with Crippen molar-refractivity contribution in [2.24, 2.45) is 14.5 Å². The molecule has 0 saturated heterocycles. The van der Waals surface area contributed by atoms with Crippen LogP contribution in [0.4, 0.5) is 0 Å². The summed E-state index contributed by atoms with van der Waals surface area (Å²) < 4.78 is 23.1. The van der Waals surface area contributed by atoms with Gasteiger partial charge in [-0.05, 0) is 12.1 Å². The molecule has 3 N–H and O–H groups in total. The number of rotatable bonds is 4. The fourth-order valence-electron chi connectivity index (χ4n) is 1.37. The van der Waals surface area contributed by atoms with Crippen molar-refractivity contribution in [2.75, 3.05) is 13.2 Å². The molecule has 1 aromatic carbocycles. The number of nitrogens with zero attached hydrogens (tertiary/aromatic N) is 2. The summed E-state index contributed by atoms with van der Waals surface area (Å²) >= 11 is -1.65. The minimum absolute atomic E-state index is 0.0905. The van der Waals surface area contributed by atoms with Gasteiger partial charge in [-0.1, -0.05) is 18.2 Å². The summed E-state index contributed by atoms with van der Waals surface area (Å²) in [6.07, 6.45) is 0. The van der Waals surface area contributed by atoms with Crippen LogP contribution in [0, 0.1) is 0 Å². The largest absolute Gasteiger partial charge is 0.460 e. The molecule has 8 heteroatoms. The van der Waals surface area contributed by atoms with Crippen LogP contribution in [-0.4, -0.2) is 35.0 Å². The molecule has 7 nitrogen and oxygen atoms in total. The van der Waals surface area contributed by atoms with Crippen LogP contribution in [0.2, 0.25) is 0 Å². The third-order valence-electron chi connectivity index (χ3n) is 2.23. The number of ether oxygens (including phenoxy) is 1. The number of hydrogen-bond acceptors (Lipinski definition) is 5. The van der Waals surface area contributed by atoms with E-state index >= 15 is 0 Å². The maximum atomic E-state index is 11.6. The summed E-state index contributed by atoms with van der Waals surface area (Å²) in [4.78, 5) is 11.6. The van der Waals surface area contributed by atoms with Gasteiger partial charge in [0, 0.05) is 0 Å². The predicted molar refractivity (Wildman–Crippen MR) is 71.9 cm³/mol. The second-order valence-corrected chi connectivity index (χ2v) is 4.40. The molecule has 1 heterocycles. The Bertz CT molecular complexity index is 556. The molecule has 1 aliphatic heterocycles. The zero-order valence-corrected chi connectivity index (χ0v) is 10.7. The van der Waals surface area contributed by atoms with Crippen LogP contribution in [0.3, 0.4) is 0 Å². The first-order valence-electron chi connectivity index (χ1n) is 5.48. The summed E-state index contributed by atoms with van der Waals surface area (Å²) in [6, 6.07) is 8.68. The highest BCUT2D eigenvalue weighted by atomic mass is 32.2. The van der Waals surface area contributed by atoms with Gasteiger partial charge in [0.25, 0.3) is 11.2 Å². The number of nitrogens with one attached hydrogen (secondary N) is 1. The van der Waals surface area contributed by atoms with Gasteiger partial charge in [-0.15, -0.1) is 8.80 Å². The third kappa shape index (κ3) is 3.62. The average molecular weight is 280 g/mol. The first kappa shape index (κ1) is 13.2. The van der Waals surface area contributed by atoms with Crippen LogP contribution in [0.1, 0.15) is 10.4 Å². The molecule has 0 aliphatic carbocycles. The third-order valence-corrected chi connectivity index (χ3v) is 2.92. The van der Waals surface area contributed by atoms with Crippen molar-refractivity contribution in [2.45, 2.75) is 0 Å². The first-order chi connectivity index (χ1) is 9.16. The molecule has 0 radical (unpaired) electrons. The summed E-state index contributed by atoms with van der Waals surface area (Å²) in [6.45, 7) is 0.456. The van der Waals surface area contributed by atoms with E-state index in [1.807, 2.05) is 6.07 Å². The molecule has 1 aliphatic rings. The van der Waals surface area contributed by atoms with Crippen molar-refractivity contribution in [1.82, 2.24) is 5.32 Å². The molecule has 0 aromatic heterocycles. The molecule has 2 rings (SSSR count). The van der Waals surface area contributed by atoms with Crippen molar-refractivity contribution in [3.8, 4) is 0 Å². The Balaban J connectivity index is 1.73. The summed E-state index contributed by atoms with van der Waals surface area (Å²) in [5, 5.41) is 2.79. The molecule has 0 amide bonds. The van der Waals surface area contributed by atoms with Gasteiger partial charge in [-0.25, -0.2) is 9.00 Å². The van der Waals surface area contributed by atoms with Gasteiger partial charge in [-0.3, -0.25) is 0 Å². The number of esters is 1. The first-order valence-corrected chi connectivity index (χ1v) is 6.54. The predicted octanol–water partition coefficient (Wildman–Crippen LogP) is -0.219. The number of hydrogen-bond donors (Lipinski definition) is 2. The lowest BCUT2D eigenvalue weighted by molar-refractivity contribution is 0.0513. The Hall–Kier alpha value is -2.22. The number of benzene rings is 1. The van der Waals surface area contributed by atoms with E-state index in [1.165, 1.54) is 0 Å². The summed E-state index contributed by atoms with van der Waals surface area (Å²) in [5.74, 6) is -0.0530. The Morgan fingerprint density at radius 1 is 1.32 bits per heavy atom. The van der Waals surface area contributed by atoms with Crippen molar-refractivity contribution in [3.63, 3.8) is 0 Å². The van der Waals surface area contributed by atoms with Crippen LogP contribution in [-0.2, 0) is 15.9 Å². The molecule has 1 unspecified atom stereocenters. The SMILES string of the molecule is NC1=NS(=O)N=C1NCCOC(=O)c1ccccc1. The molecule has 0 bridgehead atoms. The van der Waals surface area contributed by atoms with Gasteiger partial charge in [0.2, 0.25) is 0 Å². The fourth-order valence-corrected chi connectivity index (χ4v) is 1.98. The van der Waals surface area contributed by atoms with Gasteiger partial charge < -0.3 is 15.8 Å². The van der Waals surface area contributed by atoms with Crippen LogP contribution in [0.15, 0.2) is 39.1 Å². The highest BCUT2D eigenvalue weighted by molar-refractivity contribution is 7.83. The lowest BCUT2D eigenvalue weighted by Crippen LogP contribution is -2.36. The van der Waals surface area contributed by atoms with Crippen LogP contribution in [0.5, 0.6) is 0 Å². The molecule has 0 fully saturated rings. The standard InChI is InChI=1S/C11H12N4O3S/c12-9-10(15-19(17)14-9)13-6-7-18-11(16)8-4-2-1-3-5-8/h1-5H,6-7H2,(H2,12,14)(H,13,15). The number of carbonyl (C=O) groups excluding carboxylic acids is 1. The Labute approximate surface area is 112 Å². The topological polar surface area (TPSA) is 106 Å². The molecule has 0 saturated carbocycles. The molecular weight excluding hydrogens is 268 g/mol. The Kier molecular flexibility index (Phi) is 4.24. The maximum Gasteiger partial charge on any atom is 0.338 e. The van der Waals surface area contributed by atoms with Gasteiger partial charge in [0.1, 0.15) is 6.61 Å². The van der Waals surface area contributed by atoms with Crippen LogP contribution >= 0.6 is 0 Å². The van der Waals surface area contributed by atoms with Gasteiger partial charge in [0.05, 0.1) is 12.1 Å². The average Bonchev–Trinajstić information content (AvgIpc) is 2.74. The molecule has 1 aromatic rings. The molecule has 19 heavy (non-hydrogen) atoms. The minimum atomic E-state index is -1.65. The fraction of sp³-hybridized carbons (Fsp3) is 0.182. The van der Waals surface area contributed by atoms with Crippen molar-refractivity contribution in [3.05, 3.63) is 35.9 Å². The van der Waals surface area contributed by atoms with Gasteiger partial charge in [0.15, 0.2) is 11.7 Å². The smallest absolute Gasteiger partial charge is 0.338 e. The highest BCUT2D eigenvalue weighted by Gasteiger charge is 2.14. The van der Waals surface area contributed by atoms with E-state index in [4.69, 9.17) is 10.5 Å². The van der Waals surface area contributed by atoms with Gasteiger partial charge in [-0.2, -0.15) is 0 Å². The van der Waals surface area contributed by atoms with Crippen LogP contribution in [0.25, 0.3) is 0 Å². The Morgan fingerprint density at radius 3 is 2.68 bits per heavy atom. The highest BCUT2D eigenvalue weighted by Crippen LogP contribution is 2.00. The second kappa shape index (κ2) is 6.10. The number of amidine groups is 2. The van der Waals surface area contributed by atoms with Crippen molar-refractivity contribution >= 4 is 28.8 Å². The lowest BCUT2D eigenvalue weighted by atomic mass is 10.2.